The van der Waals surface area contributed by atoms with Crippen LogP contribution in [0.3, 0.4) is 0 Å². The fourth-order valence-electron chi connectivity index (χ4n) is 3.58. The average Bonchev–Trinajstić information content (AvgIpc) is 2.88. The molecule has 1 unspecified atom stereocenters. The van der Waals surface area contributed by atoms with E-state index in [0.29, 0.717) is 5.02 Å². The molecule has 0 aliphatic carbocycles. The van der Waals surface area contributed by atoms with Gasteiger partial charge in [-0.1, -0.05) is 41.4 Å². The number of benzene rings is 1. The van der Waals surface area contributed by atoms with E-state index in [1.165, 1.54) is 11.1 Å². The van der Waals surface area contributed by atoms with Crippen molar-refractivity contribution in [1.29, 1.82) is 0 Å². The number of halogens is 1. The number of hydrogen-bond donors (Lipinski definition) is 0. The topological polar surface area (TPSA) is 41.4 Å². The Morgan fingerprint density at radius 1 is 1.19 bits per heavy atom. The first-order valence-electron chi connectivity index (χ1n) is 9.14. The van der Waals surface area contributed by atoms with Crippen LogP contribution in [0.4, 0.5) is 0 Å². The monoisotopic (exact) mass is 374 g/mol. The minimum atomic E-state index is -0.329. The van der Waals surface area contributed by atoms with E-state index in [-0.39, 0.29) is 11.9 Å². The largest absolute Gasteiger partial charge is 0.338 e. The summed E-state index contributed by atoms with van der Waals surface area (Å²) in [6.07, 6.45) is 0. The zero-order valence-corrected chi connectivity index (χ0v) is 16.8. The Bertz CT molecular complexity index is 793. The lowest BCUT2D eigenvalue weighted by molar-refractivity contribution is -0.136. The highest BCUT2D eigenvalue weighted by molar-refractivity contribution is 6.31. The second-order valence-corrected chi connectivity index (χ2v) is 7.57. The summed E-state index contributed by atoms with van der Waals surface area (Å²) >= 11 is 6.23. The number of hydrogen-bond acceptors (Lipinski definition) is 3. The van der Waals surface area contributed by atoms with Crippen molar-refractivity contribution in [2.45, 2.75) is 40.3 Å². The molecular weight excluding hydrogens is 348 g/mol. The van der Waals surface area contributed by atoms with E-state index >= 15 is 0 Å². The predicted molar refractivity (Wildman–Crippen MR) is 104 cm³/mol. The van der Waals surface area contributed by atoms with Gasteiger partial charge in [-0.05, 0) is 33.3 Å². The number of aromatic nitrogens is 2. The van der Waals surface area contributed by atoms with Crippen LogP contribution in [-0.4, -0.2) is 51.7 Å². The lowest BCUT2D eigenvalue weighted by Crippen LogP contribution is -2.50. The predicted octanol–water partition coefficient (Wildman–Crippen LogP) is 3.37. The van der Waals surface area contributed by atoms with Gasteiger partial charge in [0.1, 0.15) is 6.04 Å². The van der Waals surface area contributed by atoms with Crippen LogP contribution in [0.1, 0.15) is 35.5 Å². The molecule has 1 aromatic heterocycles. The number of carbonyl (C=O) groups excluding carboxylic acids is 1. The molecular formula is C20H27ClN4O. The molecule has 0 spiro atoms. The summed E-state index contributed by atoms with van der Waals surface area (Å²) in [7, 11) is 0. The van der Waals surface area contributed by atoms with E-state index in [1.807, 2.05) is 25.7 Å². The van der Waals surface area contributed by atoms with Crippen molar-refractivity contribution >= 4 is 17.5 Å². The molecule has 1 fully saturated rings. The molecule has 1 aromatic carbocycles. The third kappa shape index (κ3) is 3.94. The molecule has 0 saturated carbocycles. The van der Waals surface area contributed by atoms with E-state index in [4.69, 9.17) is 11.6 Å². The Morgan fingerprint density at radius 2 is 1.88 bits per heavy atom. The molecule has 3 rings (SSSR count). The second kappa shape index (κ2) is 7.80. The molecule has 1 atom stereocenters. The van der Waals surface area contributed by atoms with E-state index in [1.54, 1.807) is 4.68 Å². The van der Waals surface area contributed by atoms with Gasteiger partial charge in [0.25, 0.3) is 0 Å². The summed E-state index contributed by atoms with van der Waals surface area (Å²) in [5.41, 5.74) is 4.24. The minimum absolute atomic E-state index is 0.113. The Kier molecular flexibility index (Phi) is 5.68. The van der Waals surface area contributed by atoms with E-state index in [0.717, 1.165) is 44.1 Å². The summed E-state index contributed by atoms with van der Waals surface area (Å²) in [4.78, 5) is 17.2. The van der Waals surface area contributed by atoms with Gasteiger partial charge in [-0.2, -0.15) is 5.10 Å². The second-order valence-electron chi connectivity index (χ2n) is 7.20. The van der Waals surface area contributed by atoms with Crippen molar-refractivity contribution < 1.29 is 4.79 Å². The Hall–Kier alpha value is -1.85. The normalized spacial score (nSPS) is 16.7. The lowest BCUT2D eigenvalue weighted by Gasteiger charge is -2.36. The molecule has 6 heteroatoms. The molecule has 1 aliphatic heterocycles. The maximum Gasteiger partial charge on any atom is 0.247 e. The van der Waals surface area contributed by atoms with Crippen molar-refractivity contribution in [3.05, 3.63) is 51.8 Å². The van der Waals surface area contributed by atoms with Crippen LogP contribution < -0.4 is 0 Å². The molecule has 140 valence electrons. The smallest absolute Gasteiger partial charge is 0.247 e. The van der Waals surface area contributed by atoms with Crippen LogP contribution in [0, 0.1) is 20.8 Å². The molecule has 26 heavy (non-hydrogen) atoms. The zero-order chi connectivity index (χ0) is 18.8. The summed E-state index contributed by atoms with van der Waals surface area (Å²) in [6, 6.07) is 8.29. The quantitative estimate of drug-likeness (QED) is 0.823. The maximum atomic E-state index is 12.9. The highest BCUT2D eigenvalue weighted by Crippen LogP contribution is 2.23. The van der Waals surface area contributed by atoms with Gasteiger partial charge in [-0.3, -0.25) is 14.4 Å². The van der Waals surface area contributed by atoms with Crippen LogP contribution in [0.5, 0.6) is 0 Å². The van der Waals surface area contributed by atoms with E-state index < -0.39 is 0 Å². The Balaban J connectivity index is 1.58. The number of amides is 1. The first kappa shape index (κ1) is 18.9. The molecule has 0 radical (unpaired) electrons. The minimum Gasteiger partial charge on any atom is -0.338 e. The highest BCUT2D eigenvalue weighted by Gasteiger charge is 2.28. The molecule has 5 nitrogen and oxygen atoms in total. The van der Waals surface area contributed by atoms with Crippen LogP contribution in [0.2, 0.25) is 5.02 Å². The molecule has 0 bridgehead atoms. The standard InChI is InChI=1S/C20H27ClN4O/c1-14-6-5-7-18(12-14)13-23-8-10-24(11-9-23)20(26)17(4)25-16(3)19(21)15(2)22-25/h5-7,12,17H,8-11,13H2,1-4H3. The molecule has 2 aromatic rings. The number of rotatable bonds is 4. The van der Waals surface area contributed by atoms with Crippen molar-refractivity contribution in [3.8, 4) is 0 Å². The van der Waals surface area contributed by atoms with Crippen LogP contribution in [0.25, 0.3) is 0 Å². The number of piperazine rings is 1. The van der Waals surface area contributed by atoms with Crippen LogP contribution >= 0.6 is 11.6 Å². The van der Waals surface area contributed by atoms with Gasteiger partial charge < -0.3 is 4.90 Å². The highest BCUT2D eigenvalue weighted by atomic mass is 35.5. The number of carbonyl (C=O) groups is 1. The van der Waals surface area contributed by atoms with Crippen molar-refractivity contribution in [1.82, 2.24) is 19.6 Å². The van der Waals surface area contributed by atoms with Gasteiger partial charge in [-0.15, -0.1) is 0 Å². The fraction of sp³-hybridized carbons (Fsp3) is 0.500. The molecule has 2 heterocycles. The van der Waals surface area contributed by atoms with Gasteiger partial charge in [0.05, 0.1) is 16.4 Å². The van der Waals surface area contributed by atoms with Gasteiger partial charge in [0.15, 0.2) is 0 Å². The molecule has 1 aliphatic rings. The maximum absolute atomic E-state index is 12.9. The summed E-state index contributed by atoms with van der Waals surface area (Å²) in [5, 5.41) is 5.08. The average molecular weight is 375 g/mol. The Morgan fingerprint density at radius 3 is 2.46 bits per heavy atom. The molecule has 1 saturated heterocycles. The fourth-order valence-corrected chi connectivity index (χ4v) is 3.71. The first-order valence-corrected chi connectivity index (χ1v) is 9.52. The van der Waals surface area contributed by atoms with Crippen LogP contribution in [0.15, 0.2) is 24.3 Å². The van der Waals surface area contributed by atoms with Crippen molar-refractivity contribution in [2.75, 3.05) is 26.2 Å². The summed E-state index contributed by atoms with van der Waals surface area (Å²) in [5.74, 6) is 0.113. The lowest BCUT2D eigenvalue weighted by atomic mass is 10.1. The van der Waals surface area contributed by atoms with Gasteiger partial charge in [0, 0.05) is 32.7 Å². The molecule has 0 N–H and O–H groups in total. The zero-order valence-electron chi connectivity index (χ0n) is 16.0. The van der Waals surface area contributed by atoms with Crippen molar-refractivity contribution in [2.24, 2.45) is 0 Å². The van der Waals surface area contributed by atoms with Crippen LogP contribution in [-0.2, 0) is 11.3 Å². The number of aryl methyl sites for hydroxylation is 2. The Labute approximate surface area is 160 Å². The number of nitrogens with zero attached hydrogens (tertiary/aromatic N) is 4. The molecule has 1 amide bonds. The third-order valence-electron chi connectivity index (χ3n) is 5.13. The van der Waals surface area contributed by atoms with E-state index in [2.05, 4.69) is 41.2 Å². The summed E-state index contributed by atoms with van der Waals surface area (Å²) < 4.78 is 1.75. The summed E-state index contributed by atoms with van der Waals surface area (Å²) in [6.45, 7) is 12.0. The van der Waals surface area contributed by atoms with Gasteiger partial charge >= 0.3 is 0 Å². The third-order valence-corrected chi connectivity index (χ3v) is 5.68. The first-order chi connectivity index (χ1) is 12.4. The van der Waals surface area contributed by atoms with Gasteiger partial charge in [-0.25, -0.2) is 0 Å². The SMILES string of the molecule is Cc1cccc(CN2CCN(C(=O)C(C)n3nc(C)c(Cl)c3C)CC2)c1. The van der Waals surface area contributed by atoms with Gasteiger partial charge in [0.2, 0.25) is 5.91 Å². The van der Waals surface area contributed by atoms with Crippen molar-refractivity contribution in [3.63, 3.8) is 0 Å². The van der Waals surface area contributed by atoms with E-state index in [9.17, 15) is 4.79 Å².